The highest BCUT2D eigenvalue weighted by Crippen LogP contribution is 2.33. The van der Waals surface area contributed by atoms with Crippen LogP contribution in [0, 0.1) is 5.92 Å². The van der Waals surface area contributed by atoms with Gasteiger partial charge >= 0.3 is 0 Å². The van der Waals surface area contributed by atoms with Gasteiger partial charge in [-0.3, -0.25) is 14.7 Å². The van der Waals surface area contributed by atoms with Crippen molar-refractivity contribution in [2.24, 2.45) is 5.92 Å². The standard InChI is InChI=1S/C15H17N3OS/c1-9-4-11-7-18(9)8-12(11)17-15(19)14-5-10-6-16-3-2-13(10)20-14/h2-3,5-6,9,11-12H,4,7-8H2,1H3,(H,17,19). The zero-order valence-electron chi connectivity index (χ0n) is 11.4. The molecule has 104 valence electrons. The maximum atomic E-state index is 12.4. The summed E-state index contributed by atoms with van der Waals surface area (Å²) in [7, 11) is 0. The van der Waals surface area contributed by atoms with E-state index in [4.69, 9.17) is 0 Å². The third-order valence-corrected chi connectivity index (χ3v) is 5.71. The molecule has 0 saturated carbocycles. The number of rotatable bonds is 2. The van der Waals surface area contributed by atoms with Crippen molar-refractivity contribution in [1.29, 1.82) is 0 Å². The molecule has 2 saturated heterocycles. The van der Waals surface area contributed by atoms with Crippen LogP contribution >= 0.6 is 11.3 Å². The third kappa shape index (κ3) is 1.93. The van der Waals surface area contributed by atoms with Crippen LogP contribution in [0.4, 0.5) is 0 Å². The molecule has 2 aromatic heterocycles. The van der Waals surface area contributed by atoms with E-state index in [1.54, 1.807) is 17.5 Å². The summed E-state index contributed by atoms with van der Waals surface area (Å²) in [5, 5.41) is 4.27. The average molecular weight is 287 g/mol. The van der Waals surface area contributed by atoms with E-state index >= 15 is 0 Å². The highest BCUT2D eigenvalue weighted by Gasteiger charge is 2.42. The van der Waals surface area contributed by atoms with Crippen LogP contribution in [-0.4, -0.2) is 41.0 Å². The fraction of sp³-hybridized carbons (Fsp3) is 0.467. The summed E-state index contributed by atoms with van der Waals surface area (Å²) in [6.45, 7) is 4.42. The van der Waals surface area contributed by atoms with Gasteiger partial charge in [-0.15, -0.1) is 11.3 Å². The number of aromatic nitrogens is 1. The van der Waals surface area contributed by atoms with Crippen LogP contribution in [0.3, 0.4) is 0 Å². The van der Waals surface area contributed by atoms with Crippen LogP contribution in [-0.2, 0) is 0 Å². The zero-order valence-corrected chi connectivity index (χ0v) is 12.2. The number of carbonyl (C=O) groups excluding carboxylic acids is 1. The maximum Gasteiger partial charge on any atom is 0.261 e. The van der Waals surface area contributed by atoms with Crippen molar-refractivity contribution in [3.8, 4) is 0 Å². The first-order valence-electron chi connectivity index (χ1n) is 7.09. The molecule has 0 radical (unpaired) electrons. The molecule has 0 spiro atoms. The summed E-state index contributed by atoms with van der Waals surface area (Å²) in [5.74, 6) is 0.697. The monoisotopic (exact) mass is 287 g/mol. The molecule has 4 heterocycles. The number of nitrogens with zero attached hydrogens (tertiary/aromatic N) is 2. The molecule has 1 amide bonds. The Balaban J connectivity index is 1.51. The molecule has 2 aliphatic heterocycles. The van der Waals surface area contributed by atoms with Gasteiger partial charge in [0, 0.05) is 47.7 Å². The van der Waals surface area contributed by atoms with Gasteiger partial charge in [0.15, 0.2) is 0 Å². The predicted molar refractivity (Wildman–Crippen MR) is 80.0 cm³/mol. The topological polar surface area (TPSA) is 45.2 Å². The first-order chi connectivity index (χ1) is 9.70. The molecular weight excluding hydrogens is 270 g/mol. The first-order valence-corrected chi connectivity index (χ1v) is 7.91. The SMILES string of the molecule is CC1CC2CN1CC2NC(=O)c1cc2cnccc2s1. The molecule has 2 bridgehead atoms. The van der Waals surface area contributed by atoms with Gasteiger partial charge in [-0.2, -0.15) is 0 Å². The van der Waals surface area contributed by atoms with Crippen LogP contribution in [0.5, 0.6) is 0 Å². The number of fused-ring (bicyclic) bond motifs is 3. The highest BCUT2D eigenvalue weighted by molar-refractivity contribution is 7.20. The Hall–Kier alpha value is -1.46. The highest BCUT2D eigenvalue weighted by atomic mass is 32.1. The van der Waals surface area contributed by atoms with Gasteiger partial charge in [-0.05, 0) is 31.4 Å². The van der Waals surface area contributed by atoms with E-state index in [2.05, 4.69) is 22.1 Å². The average Bonchev–Trinajstić information content (AvgIpc) is 3.10. The lowest BCUT2D eigenvalue weighted by Gasteiger charge is -2.27. The number of hydrogen-bond donors (Lipinski definition) is 1. The van der Waals surface area contributed by atoms with E-state index in [9.17, 15) is 4.79 Å². The maximum absolute atomic E-state index is 12.4. The lowest BCUT2D eigenvalue weighted by Crippen LogP contribution is -2.45. The lowest BCUT2D eigenvalue weighted by atomic mass is 9.96. The minimum atomic E-state index is 0.0672. The van der Waals surface area contributed by atoms with Crippen LogP contribution in [0.1, 0.15) is 23.0 Å². The summed E-state index contributed by atoms with van der Waals surface area (Å²) in [6.07, 6.45) is 4.79. The molecule has 5 heteroatoms. The van der Waals surface area contributed by atoms with Gasteiger partial charge in [0.25, 0.3) is 5.91 Å². The predicted octanol–water partition coefficient (Wildman–Crippen LogP) is 2.12. The van der Waals surface area contributed by atoms with Gasteiger partial charge in [0.1, 0.15) is 0 Å². The summed E-state index contributed by atoms with van der Waals surface area (Å²) in [5.41, 5.74) is 0. The number of pyridine rings is 1. The summed E-state index contributed by atoms with van der Waals surface area (Å²) in [6, 6.07) is 4.91. The number of nitrogens with one attached hydrogen (secondary N) is 1. The van der Waals surface area contributed by atoms with Crippen LogP contribution in [0.15, 0.2) is 24.5 Å². The van der Waals surface area contributed by atoms with Gasteiger partial charge in [-0.25, -0.2) is 0 Å². The Morgan fingerprint density at radius 2 is 2.40 bits per heavy atom. The molecule has 4 rings (SSSR count). The third-order valence-electron chi connectivity index (χ3n) is 4.59. The summed E-state index contributed by atoms with van der Waals surface area (Å²) < 4.78 is 1.12. The largest absolute Gasteiger partial charge is 0.347 e. The van der Waals surface area contributed by atoms with Gasteiger partial charge in [0.2, 0.25) is 0 Å². The van der Waals surface area contributed by atoms with Crippen LogP contribution in [0.25, 0.3) is 10.1 Å². The number of piperidine rings is 1. The van der Waals surface area contributed by atoms with Crippen molar-refractivity contribution in [2.45, 2.75) is 25.4 Å². The van der Waals surface area contributed by atoms with Crippen LogP contribution < -0.4 is 5.32 Å². The smallest absolute Gasteiger partial charge is 0.261 e. The molecule has 4 atom stereocenters. The summed E-state index contributed by atoms with van der Waals surface area (Å²) in [4.78, 5) is 19.8. The normalized spacial score (nSPS) is 31.9. The Morgan fingerprint density at radius 1 is 1.50 bits per heavy atom. The second-order valence-corrected chi connectivity index (χ2v) is 6.99. The zero-order chi connectivity index (χ0) is 13.7. The number of hydrogen-bond acceptors (Lipinski definition) is 4. The van der Waals surface area contributed by atoms with E-state index < -0.39 is 0 Å². The van der Waals surface area contributed by atoms with Crippen molar-refractivity contribution in [2.75, 3.05) is 13.1 Å². The van der Waals surface area contributed by atoms with E-state index in [1.165, 1.54) is 6.42 Å². The van der Waals surface area contributed by atoms with Gasteiger partial charge < -0.3 is 5.32 Å². The van der Waals surface area contributed by atoms with E-state index in [0.717, 1.165) is 28.1 Å². The molecule has 20 heavy (non-hydrogen) atoms. The second kappa shape index (κ2) is 4.53. The Morgan fingerprint density at radius 3 is 3.10 bits per heavy atom. The molecular formula is C15H17N3OS. The van der Waals surface area contributed by atoms with Crippen molar-refractivity contribution < 1.29 is 4.79 Å². The molecule has 0 aliphatic carbocycles. The van der Waals surface area contributed by atoms with Crippen molar-refractivity contribution in [3.63, 3.8) is 0 Å². The number of amides is 1. The molecule has 2 fully saturated rings. The van der Waals surface area contributed by atoms with Gasteiger partial charge in [-0.1, -0.05) is 0 Å². The molecule has 4 nitrogen and oxygen atoms in total. The van der Waals surface area contributed by atoms with Crippen LogP contribution in [0.2, 0.25) is 0 Å². The molecule has 4 unspecified atom stereocenters. The van der Waals surface area contributed by atoms with Crippen molar-refractivity contribution in [1.82, 2.24) is 15.2 Å². The van der Waals surface area contributed by atoms with E-state index in [1.807, 2.05) is 18.3 Å². The fourth-order valence-electron chi connectivity index (χ4n) is 3.49. The Bertz CT molecular complexity index is 633. The Kier molecular flexibility index (Phi) is 2.79. The number of carbonyl (C=O) groups is 1. The first kappa shape index (κ1) is 12.3. The van der Waals surface area contributed by atoms with E-state index in [0.29, 0.717) is 18.0 Å². The Labute approximate surface area is 121 Å². The summed E-state index contributed by atoms with van der Waals surface area (Å²) >= 11 is 1.54. The molecule has 0 aromatic carbocycles. The minimum absolute atomic E-state index is 0.0672. The van der Waals surface area contributed by atoms with Crippen molar-refractivity contribution in [3.05, 3.63) is 29.4 Å². The van der Waals surface area contributed by atoms with Crippen molar-refractivity contribution >= 4 is 27.3 Å². The quantitative estimate of drug-likeness (QED) is 0.920. The van der Waals surface area contributed by atoms with E-state index in [-0.39, 0.29) is 5.91 Å². The molecule has 1 N–H and O–H groups in total. The number of thiophene rings is 1. The van der Waals surface area contributed by atoms with Gasteiger partial charge in [0.05, 0.1) is 4.88 Å². The molecule has 2 aromatic rings. The second-order valence-electron chi connectivity index (χ2n) is 5.90. The molecule has 2 aliphatic rings. The fourth-order valence-corrected chi connectivity index (χ4v) is 4.42. The lowest BCUT2D eigenvalue weighted by molar-refractivity contribution is 0.0923. The minimum Gasteiger partial charge on any atom is -0.347 e.